The summed E-state index contributed by atoms with van der Waals surface area (Å²) in [6.45, 7) is 6.07. The molecule has 0 unspecified atom stereocenters. The Balaban J connectivity index is 1.86. The van der Waals surface area contributed by atoms with E-state index in [0.29, 0.717) is 6.42 Å². The monoisotopic (exact) mass is 294 g/mol. The molecule has 21 heavy (non-hydrogen) atoms. The van der Waals surface area contributed by atoms with Crippen LogP contribution in [0.4, 0.5) is 0 Å². The molecule has 0 aromatic rings. The van der Waals surface area contributed by atoms with Gasteiger partial charge in [-0.3, -0.25) is 4.79 Å². The highest BCUT2D eigenvalue weighted by atomic mass is 16.5. The molecule has 0 bridgehead atoms. The first kappa shape index (κ1) is 18.3. The number of hydrogen-bond donors (Lipinski definition) is 0. The maximum atomic E-state index is 11.3. The Morgan fingerprint density at radius 1 is 1.00 bits per heavy atom. The van der Waals surface area contributed by atoms with E-state index in [1.165, 1.54) is 70.6 Å². The Labute approximate surface area is 131 Å². The lowest BCUT2D eigenvalue weighted by molar-refractivity contribution is -0.141. The van der Waals surface area contributed by atoms with Gasteiger partial charge in [-0.2, -0.15) is 0 Å². The molecule has 1 aliphatic heterocycles. The van der Waals surface area contributed by atoms with Crippen molar-refractivity contribution in [2.24, 2.45) is 5.92 Å². The summed E-state index contributed by atoms with van der Waals surface area (Å²) in [5.41, 5.74) is 0. The van der Waals surface area contributed by atoms with Gasteiger partial charge in [0.1, 0.15) is 6.10 Å². The third kappa shape index (κ3) is 8.28. The summed E-state index contributed by atoms with van der Waals surface area (Å²) in [7, 11) is 0. The van der Waals surface area contributed by atoms with E-state index in [4.69, 9.17) is 4.74 Å². The van der Waals surface area contributed by atoms with Crippen LogP contribution in [0.15, 0.2) is 12.7 Å². The number of rotatable bonds is 13. The Hall–Kier alpha value is -0.790. The lowest BCUT2D eigenvalue weighted by Crippen LogP contribution is -2.13. The second-order valence-corrected chi connectivity index (χ2v) is 6.46. The number of ether oxygens (including phenoxy) is 1. The second-order valence-electron chi connectivity index (χ2n) is 6.46. The molecular formula is C19H34O2. The van der Waals surface area contributed by atoms with E-state index in [-0.39, 0.29) is 18.0 Å². The van der Waals surface area contributed by atoms with Gasteiger partial charge in [0.2, 0.25) is 0 Å². The molecule has 1 saturated heterocycles. The van der Waals surface area contributed by atoms with Crippen LogP contribution < -0.4 is 0 Å². The van der Waals surface area contributed by atoms with Crippen molar-refractivity contribution in [3.63, 3.8) is 0 Å². The lowest BCUT2D eigenvalue weighted by Gasteiger charge is -2.13. The summed E-state index contributed by atoms with van der Waals surface area (Å²) in [5.74, 6) is 0.202. The number of hydrogen-bond acceptors (Lipinski definition) is 2. The number of esters is 1. The van der Waals surface area contributed by atoms with Crippen molar-refractivity contribution in [2.45, 2.75) is 96.5 Å². The molecule has 122 valence electrons. The Morgan fingerprint density at radius 3 is 2.05 bits per heavy atom. The molecule has 0 aromatic carbocycles. The van der Waals surface area contributed by atoms with Gasteiger partial charge < -0.3 is 4.74 Å². The molecule has 0 saturated carbocycles. The first-order chi connectivity index (χ1) is 10.3. The predicted molar refractivity (Wildman–Crippen MR) is 89.3 cm³/mol. The van der Waals surface area contributed by atoms with Crippen LogP contribution >= 0.6 is 0 Å². The maximum Gasteiger partial charge on any atom is 0.306 e. The van der Waals surface area contributed by atoms with E-state index in [9.17, 15) is 4.79 Å². The number of unbranched alkanes of at least 4 members (excludes halogenated alkanes) is 10. The quantitative estimate of drug-likeness (QED) is 0.243. The average Bonchev–Trinajstić information content (AvgIpc) is 2.85. The molecule has 2 nitrogen and oxygen atoms in total. The van der Waals surface area contributed by atoms with Gasteiger partial charge in [-0.05, 0) is 12.8 Å². The van der Waals surface area contributed by atoms with Crippen LogP contribution in [0.25, 0.3) is 0 Å². The smallest absolute Gasteiger partial charge is 0.306 e. The van der Waals surface area contributed by atoms with Gasteiger partial charge in [0.25, 0.3) is 0 Å². The van der Waals surface area contributed by atoms with Gasteiger partial charge in [-0.1, -0.05) is 77.2 Å². The Bertz CT molecular complexity index is 285. The number of cyclic esters (lactones) is 1. The fourth-order valence-electron chi connectivity index (χ4n) is 3.15. The third-order valence-corrected chi connectivity index (χ3v) is 4.56. The number of carbonyl (C=O) groups excluding carboxylic acids is 1. The highest BCUT2D eigenvalue weighted by molar-refractivity contribution is 5.72. The van der Waals surface area contributed by atoms with Gasteiger partial charge in [0.15, 0.2) is 0 Å². The van der Waals surface area contributed by atoms with Crippen LogP contribution in [-0.2, 0) is 9.53 Å². The van der Waals surface area contributed by atoms with Crippen molar-refractivity contribution in [1.82, 2.24) is 0 Å². The lowest BCUT2D eigenvalue weighted by atomic mass is 9.96. The van der Waals surface area contributed by atoms with Crippen LogP contribution in [0.3, 0.4) is 0 Å². The van der Waals surface area contributed by atoms with E-state index in [2.05, 4.69) is 13.5 Å². The Morgan fingerprint density at radius 2 is 1.52 bits per heavy atom. The van der Waals surface area contributed by atoms with E-state index >= 15 is 0 Å². The van der Waals surface area contributed by atoms with Crippen molar-refractivity contribution in [1.29, 1.82) is 0 Å². The summed E-state index contributed by atoms with van der Waals surface area (Å²) in [6, 6.07) is 0. The normalized spacial score (nSPS) is 21.5. The molecule has 0 N–H and O–H groups in total. The van der Waals surface area contributed by atoms with E-state index in [0.717, 1.165) is 6.42 Å². The van der Waals surface area contributed by atoms with Gasteiger partial charge in [0, 0.05) is 5.92 Å². The largest absolute Gasteiger partial charge is 0.462 e. The highest BCUT2D eigenvalue weighted by Gasteiger charge is 2.31. The summed E-state index contributed by atoms with van der Waals surface area (Å²) < 4.78 is 5.35. The summed E-state index contributed by atoms with van der Waals surface area (Å²) >= 11 is 0. The third-order valence-electron chi connectivity index (χ3n) is 4.56. The molecular weight excluding hydrogens is 260 g/mol. The molecule has 1 heterocycles. The second kappa shape index (κ2) is 11.8. The summed E-state index contributed by atoms with van der Waals surface area (Å²) in [5, 5.41) is 0. The minimum atomic E-state index is -0.0482. The van der Waals surface area contributed by atoms with Gasteiger partial charge in [-0.15, -0.1) is 6.58 Å². The molecule has 0 aliphatic carbocycles. The fraction of sp³-hybridized carbons (Fsp3) is 0.842. The molecule has 1 aliphatic rings. The zero-order valence-electron chi connectivity index (χ0n) is 13.9. The van der Waals surface area contributed by atoms with Gasteiger partial charge in [0.05, 0.1) is 6.42 Å². The molecule has 0 aromatic heterocycles. The van der Waals surface area contributed by atoms with Gasteiger partial charge in [-0.25, -0.2) is 0 Å². The molecule has 0 amide bonds. The van der Waals surface area contributed by atoms with E-state index in [1.807, 2.05) is 6.08 Å². The fourth-order valence-corrected chi connectivity index (χ4v) is 3.15. The first-order valence-corrected chi connectivity index (χ1v) is 9.10. The van der Waals surface area contributed by atoms with Crippen molar-refractivity contribution in [3.8, 4) is 0 Å². The summed E-state index contributed by atoms with van der Waals surface area (Å²) in [6.07, 6.45) is 18.5. The molecule has 1 fully saturated rings. The summed E-state index contributed by atoms with van der Waals surface area (Å²) in [4.78, 5) is 11.3. The van der Waals surface area contributed by atoms with Crippen LogP contribution in [0.5, 0.6) is 0 Å². The first-order valence-electron chi connectivity index (χ1n) is 9.10. The minimum absolute atomic E-state index is 0.0482. The standard InChI is InChI=1S/C19H34O2/c1-3-5-6-7-8-9-10-11-12-13-14-15-18-17(4-2)16-19(20)21-18/h4,17-18H,2-3,5-16H2,1H3/t17-,18-/m1/s1. The topological polar surface area (TPSA) is 26.3 Å². The SMILES string of the molecule is C=C[C@@H]1CC(=O)O[C@@H]1CCCCCCCCCCCCC. The van der Waals surface area contributed by atoms with Crippen molar-refractivity contribution in [2.75, 3.05) is 0 Å². The molecule has 0 spiro atoms. The zero-order valence-corrected chi connectivity index (χ0v) is 13.9. The molecule has 1 rings (SSSR count). The van der Waals surface area contributed by atoms with E-state index < -0.39 is 0 Å². The predicted octanol–water partition coefficient (Wildman–Crippen LogP) is 5.81. The molecule has 2 heteroatoms. The van der Waals surface area contributed by atoms with Crippen LogP contribution in [-0.4, -0.2) is 12.1 Å². The minimum Gasteiger partial charge on any atom is -0.462 e. The van der Waals surface area contributed by atoms with Crippen LogP contribution in [0, 0.1) is 5.92 Å². The van der Waals surface area contributed by atoms with Crippen molar-refractivity contribution >= 4 is 5.97 Å². The van der Waals surface area contributed by atoms with Gasteiger partial charge >= 0.3 is 5.97 Å². The maximum absolute atomic E-state index is 11.3. The highest BCUT2D eigenvalue weighted by Crippen LogP contribution is 2.27. The average molecular weight is 294 g/mol. The molecule has 0 radical (unpaired) electrons. The van der Waals surface area contributed by atoms with Crippen LogP contribution in [0.2, 0.25) is 0 Å². The van der Waals surface area contributed by atoms with Crippen molar-refractivity contribution < 1.29 is 9.53 Å². The number of carbonyl (C=O) groups is 1. The van der Waals surface area contributed by atoms with Crippen molar-refractivity contribution in [3.05, 3.63) is 12.7 Å². The zero-order chi connectivity index (χ0) is 15.3. The van der Waals surface area contributed by atoms with E-state index in [1.54, 1.807) is 0 Å². The Kier molecular flexibility index (Phi) is 10.3. The molecule has 2 atom stereocenters. The van der Waals surface area contributed by atoms with Crippen LogP contribution in [0.1, 0.15) is 90.4 Å².